The number of hydrogen-bond acceptors (Lipinski definition) is 6. The summed E-state index contributed by atoms with van der Waals surface area (Å²) in [6.07, 6.45) is 4.57. The maximum absolute atomic E-state index is 11.7. The van der Waals surface area contributed by atoms with Crippen LogP contribution in [0.1, 0.15) is 0 Å². The van der Waals surface area contributed by atoms with Crippen LogP contribution in [0.2, 0.25) is 5.15 Å². The highest BCUT2D eigenvalue weighted by Crippen LogP contribution is 2.21. The molecular formula is C11H10ClN5OS. The molecule has 0 saturated carbocycles. The van der Waals surface area contributed by atoms with Gasteiger partial charge in [-0.3, -0.25) is 4.79 Å². The molecule has 19 heavy (non-hydrogen) atoms. The van der Waals surface area contributed by atoms with Gasteiger partial charge in [0.15, 0.2) is 11.0 Å². The van der Waals surface area contributed by atoms with E-state index in [4.69, 9.17) is 17.3 Å². The molecule has 2 aromatic heterocycles. The summed E-state index contributed by atoms with van der Waals surface area (Å²) in [5, 5.41) is 3.43. The van der Waals surface area contributed by atoms with Crippen LogP contribution in [-0.4, -0.2) is 26.6 Å². The summed E-state index contributed by atoms with van der Waals surface area (Å²) in [7, 11) is 0. The highest BCUT2D eigenvalue weighted by Gasteiger charge is 2.09. The predicted molar refractivity (Wildman–Crippen MR) is 75.0 cm³/mol. The minimum Gasteiger partial charge on any atom is -0.381 e. The van der Waals surface area contributed by atoms with Gasteiger partial charge in [0.25, 0.3) is 0 Å². The standard InChI is InChI=1S/C11H10ClN5OS/c12-9-7(2-1-3-14-9)17-8(18)6-19-11-10(13)15-4-5-16-11/h1-5H,6H2,(H2,13,15)(H,17,18). The van der Waals surface area contributed by atoms with E-state index in [0.29, 0.717) is 16.5 Å². The summed E-state index contributed by atoms with van der Waals surface area (Å²) in [5.74, 6) is 0.248. The van der Waals surface area contributed by atoms with Crippen molar-refractivity contribution in [1.29, 1.82) is 0 Å². The Labute approximate surface area is 118 Å². The summed E-state index contributed by atoms with van der Waals surface area (Å²) in [6.45, 7) is 0. The smallest absolute Gasteiger partial charge is 0.234 e. The van der Waals surface area contributed by atoms with E-state index in [2.05, 4.69) is 20.3 Å². The van der Waals surface area contributed by atoms with Gasteiger partial charge in [0.2, 0.25) is 5.91 Å². The van der Waals surface area contributed by atoms with Gasteiger partial charge in [-0.2, -0.15) is 0 Å². The summed E-state index contributed by atoms with van der Waals surface area (Å²) < 4.78 is 0. The Morgan fingerprint density at radius 1 is 1.32 bits per heavy atom. The molecule has 0 bridgehead atoms. The fourth-order valence-corrected chi connectivity index (χ4v) is 2.09. The molecule has 8 heteroatoms. The van der Waals surface area contributed by atoms with Crippen molar-refractivity contribution in [3.8, 4) is 0 Å². The van der Waals surface area contributed by atoms with E-state index in [1.807, 2.05) is 0 Å². The van der Waals surface area contributed by atoms with Crippen LogP contribution in [0.25, 0.3) is 0 Å². The second-order valence-corrected chi connectivity index (χ2v) is 4.75. The molecule has 2 heterocycles. The maximum atomic E-state index is 11.7. The number of nitrogens with zero attached hydrogens (tertiary/aromatic N) is 3. The number of nitrogens with two attached hydrogens (primary N) is 1. The molecule has 0 atom stereocenters. The van der Waals surface area contributed by atoms with Crippen molar-refractivity contribution in [2.75, 3.05) is 16.8 Å². The van der Waals surface area contributed by atoms with E-state index < -0.39 is 0 Å². The van der Waals surface area contributed by atoms with Crippen LogP contribution in [-0.2, 0) is 4.79 Å². The van der Waals surface area contributed by atoms with Crippen LogP contribution in [0.4, 0.5) is 11.5 Å². The molecule has 2 rings (SSSR count). The van der Waals surface area contributed by atoms with Crippen molar-refractivity contribution < 1.29 is 4.79 Å². The summed E-state index contributed by atoms with van der Waals surface area (Å²) >= 11 is 7.04. The fraction of sp³-hybridized carbons (Fsp3) is 0.0909. The third-order valence-corrected chi connectivity index (χ3v) is 3.36. The van der Waals surface area contributed by atoms with Crippen molar-refractivity contribution in [3.05, 3.63) is 35.9 Å². The van der Waals surface area contributed by atoms with Gasteiger partial charge in [0.1, 0.15) is 5.03 Å². The molecule has 0 aliphatic rings. The Balaban J connectivity index is 1.92. The van der Waals surface area contributed by atoms with E-state index in [9.17, 15) is 4.79 Å². The highest BCUT2D eigenvalue weighted by atomic mass is 35.5. The molecule has 0 spiro atoms. The van der Waals surface area contributed by atoms with E-state index in [-0.39, 0.29) is 16.8 Å². The maximum Gasteiger partial charge on any atom is 0.234 e. The third kappa shape index (κ3) is 3.80. The van der Waals surface area contributed by atoms with Crippen LogP contribution in [0.3, 0.4) is 0 Å². The number of carbonyl (C=O) groups is 1. The Bertz CT molecular complexity index is 595. The number of halogens is 1. The number of thioether (sulfide) groups is 1. The molecule has 0 unspecified atom stereocenters. The zero-order chi connectivity index (χ0) is 13.7. The number of amides is 1. The number of anilines is 2. The average Bonchev–Trinajstić information content (AvgIpc) is 2.40. The second-order valence-electron chi connectivity index (χ2n) is 3.43. The van der Waals surface area contributed by atoms with Crippen LogP contribution >= 0.6 is 23.4 Å². The number of carbonyl (C=O) groups excluding carboxylic acids is 1. The Hall–Kier alpha value is -1.86. The van der Waals surface area contributed by atoms with Gasteiger partial charge in [0.05, 0.1) is 11.4 Å². The van der Waals surface area contributed by atoms with Gasteiger partial charge >= 0.3 is 0 Å². The zero-order valence-electron chi connectivity index (χ0n) is 9.71. The topological polar surface area (TPSA) is 93.8 Å². The number of hydrogen-bond donors (Lipinski definition) is 2. The minimum absolute atomic E-state index is 0.161. The summed E-state index contributed by atoms with van der Waals surface area (Å²) in [6, 6.07) is 3.36. The fourth-order valence-electron chi connectivity index (χ4n) is 1.25. The Kier molecular flexibility index (Phi) is 4.53. The highest BCUT2D eigenvalue weighted by molar-refractivity contribution is 8.00. The largest absolute Gasteiger partial charge is 0.381 e. The SMILES string of the molecule is Nc1nccnc1SCC(=O)Nc1cccnc1Cl. The summed E-state index contributed by atoms with van der Waals surface area (Å²) in [5.41, 5.74) is 6.10. The molecule has 0 radical (unpaired) electrons. The number of aromatic nitrogens is 3. The predicted octanol–water partition coefficient (Wildman–Crippen LogP) is 1.84. The zero-order valence-corrected chi connectivity index (χ0v) is 11.3. The third-order valence-electron chi connectivity index (χ3n) is 2.06. The van der Waals surface area contributed by atoms with Crippen molar-refractivity contribution in [2.24, 2.45) is 0 Å². The van der Waals surface area contributed by atoms with Crippen LogP contribution in [0.5, 0.6) is 0 Å². The van der Waals surface area contributed by atoms with Gasteiger partial charge in [-0.05, 0) is 12.1 Å². The molecule has 0 aromatic carbocycles. The Morgan fingerprint density at radius 3 is 2.84 bits per heavy atom. The lowest BCUT2D eigenvalue weighted by atomic mass is 10.4. The normalized spacial score (nSPS) is 10.2. The first kappa shape index (κ1) is 13.6. The lowest BCUT2D eigenvalue weighted by Crippen LogP contribution is -2.14. The quantitative estimate of drug-likeness (QED) is 0.660. The van der Waals surface area contributed by atoms with E-state index >= 15 is 0 Å². The van der Waals surface area contributed by atoms with Crippen LogP contribution < -0.4 is 11.1 Å². The number of nitrogen functional groups attached to an aromatic ring is 1. The summed E-state index contributed by atoms with van der Waals surface area (Å²) in [4.78, 5) is 23.5. The van der Waals surface area contributed by atoms with Crippen molar-refractivity contribution in [1.82, 2.24) is 15.0 Å². The van der Waals surface area contributed by atoms with Crippen molar-refractivity contribution in [3.63, 3.8) is 0 Å². The molecule has 0 fully saturated rings. The van der Waals surface area contributed by atoms with Gasteiger partial charge in [-0.25, -0.2) is 15.0 Å². The van der Waals surface area contributed by atoms with E-state index in [1.54, 1.807) is 18.3 Å². The lowest BCUT2D eigenvalue weighted by molar-refractivity contribution is -0.113. The van der Waals surface area contributed by atoms with Gasteiger partial charge < -0.3 is 11.1 Å². The van der Waals surface area contributed by atoms with Crippen LogP contribution in [0.15, 0.2) is 35.7 Å². The first-order valence-corrected chi connectivity index (χ1v) is 6.63. The van der Waals surface area contributed by atoms with Gasteiger partial charge in [-0.15, -0.1) is 0 Å². The second kappa shape index (κ2) is 6.35. The number of pyridine rings is 1. The molecule has 2 aromatic rings. The molecule has 98 valence electrons. The van der Waals surface area contributed by atoms with Gasteiger partial charge in [0, 0.05) is 18.6 Å². The molecule has 0 aliphatic heterocycles. The first-order valence-electron chi connectivity index (χ1n) is 5.26. The van der Waals surface area contributed by atoms with Crippen LogP contribution in [0, 0.1) is 0 Å². The van der Waals surface area contributed by atoms with E-state index in [1.165, 1.54) is 24.2 Å². The molecule has 1 amide bonds. The number of rotatable bonds is 4. The molecule has 0 aliphatic carbocycles. The molecule has 3 N–H and O–H groups in total. The monoisotopic (exact) mass is 295 g/mol. The molecule has 6 nitrogen and oxygen atoms in total. The first-order chi connectivity index (χ1) is 9.16. The Morgan fingerprint density at radius 2 is 2.11 bits per heavy atom. The van der Waals surface area contributed by atoms with Gasteiger partial charge in [-0.1, -0.05) is 23.4 Å². The average molecular weight is 296 g/mol. The van der Waals surface area contributed by atoms with Crippen molar-refractivity contribution >= 4 is 40.8 Å². The minimum atomic E-state index is -0.218. The van der Waals surface area contributed by atoms with E-state index in [0.717, 1.165) is 0 Å². The molecular weight excluding hydrogens is 286 g/mol. The lowest BCUT2D eigenvalue weighted by Gasteiger charge is -2.06. The molecule has 0 saturated heterocycles. The number of nitrogens with one attached hydrogen (secondary N) is 1. The van der Waals surface area contributed by atoms with Crippen molar-refractivity contribution in [2.45, 2.75) is 5.03 Å².